The predicted molar refractivity (Wildman–Crippen MR) is 75.1 cm³/mol. The maximum absolute atomic E-state index is 11.5. The molecule has 2 rings (SSSR count). The van der Waals surface area contributed by atoms with Crippen LogP contribution in [0.2, 0.25) is 5.28 Å². The molecule has 0 saturated heterocycles. The van der Waals surface area contributed by atoms with E-state index in [9.17, 15) is 4.79 Å². The fourth-order valence-corrected chi connectivity index (χ4v) is 1.99. The Morgan fingerprint density at radius 2 is 1.95 bits per heavy atom. The van der Waals surface area contributed by atoms with Gasteiger partial charge in [0.05, 0.1) is 19.9 Å². The van der Waals surface area contributed by atoms with E-state index in [1.165, 1.54) is 7.11 Å². The van der Waals surface area contributed by atoms with Crippen LogP contribution in [0.25, 0.3) is 11.3 Å². The molecule has 5 nitrogen and oxygen atoms in total. The zero-order valence-electron chi connectivity index (χ0n) is 11.3. The molecule has 0 spiro atoms. The summed E-state index contributed by atoms with van der Waals surface area (Å²) in [5.41, 5.74) is 2.45. The van der Waals surface area contributed by atoms with E-state index in [-0.39, 0.29) is 11.0 Å². The largest absolute Gasteiger partial charge is 0.496 e. The lowest BCUT2D eigenvalue weighted by atomic mass is 10.1. The van der Waals surface area contributed by atoms with Crippen LogP contribution in [0.3, 0.4) is 0 Å². The number of carbonyl (C=O) groups is 1. The molecule has 0 saturated carbocycles. The van der Waals surface area contributed by atoms with Crippen LogP contribution in [0.15, 0.2) is 24.3 Å². The lowest BCUT2D eigenvalue weighted by Crippen LogP contribution is -2.06. The quantitative estimate of drug-likeness (QED) is 0.643. The molecule has 6 heteroatoms. The number of esters is 1. The Hall–Kier alpha value is -2.14. The highest BCUT2D eigenvalue weighted by Crippen LogP contribution is 2.26. The first-order chi connectivity index (χ1) is 9.55. The summed E-state index contributed by atoms with van der Waals surface area (Å²) < 4.78 is 9.84. The van der Waals surface area contributed by atoms with Gasteiger partial charge in [0.15, 0.2) is 5.69 Å². The lowest BCUT2D eigenvalue weighted by molar-refractivity contribution is 0.0594. The molecule has 2 aromatic rings. The van der Waals surface area contributed by atoms with E-state index in [0.717, 1.165) is 16.9 Å². The zero-order valence-corrected chi connectivity index (χ0v) is 12.1. The first-order valence-electron chi connectivity index (χ1n) is 5.83. The average Bonchev–Trinajstić information content (AvgIpc) is 2.45. The monoisotopic (exact) mass is 292 g/mol. The van der Waals surface area contributed by atoms with Crippen LogP contribution in [0, 0.1) is 6.92 Å². The van der Waals surface area contributed by atoms with Crippen LogP contribution < -0.4 is 4.74 Å². The molecule has 1 aromatic carbocycles. The van der Waals surface area contributed by atoms with Crippen LogP contribution in [0.1, 0.15) is 16.1 Å². The number of nitrogens with zero attached hydrogens (tertiary/aromatic N) is 2. The number of carbonyl (C=O) groups excluding carboxylic acids is 1. The normalized spacial score (nSPS) is 10.2. The Bertz CT molecular complexity index is 659. The number of hydrogen-bond acceptors (Lipinski definition) is 5. The van der Waals surface area contributed by atoms with Crippen molar-refractivity contribution in [2.24, 2.45) is 0 Å². The van der Waals surface area contributed by atoms with Crippen molar-refractivity contribution in [1.29, 1.82) is 0 Å². The van der Waals surface area contributed by atoms with Crippen LogP contribution in [0.5, 0.6) is 5.75 Å². The molecule has 1 heterocycles. The highest BCUT2D eigenvalue weighted by atomic mass is 35.5. The summed E-state index contributed by atoms with van der Waals surface area (Å²) >= 11 is 5.84. The SMILES string of the molecule is COC(=O)c1cc(-c2ccc(OC)c(C)c2)nc(Cl)n1. The summed E-state index contributed by atoms with van der Waals surface area (Å²) in [7, 11) is 2.90. The highest BCUT2D eigenvalue weighted by molar-refractivity contribution is 6.28. The second-order valence-electron chi connectivity index (χ2n) is 4.08. The minimum absolute atomic E-state index is 0.00336. The molecular weight excluding hydrogens is 280 g/mol. The van der Waals surface area contributed by atoms with Crippen molar-refractivity contribution in [3.05, 3.63) is 40.8 Å². The van der Waals surface area contributed by atoms with E-state index < -0.39 is 5.97 Å². The van der Waals surface area contributed by atoms with E-state index in [1.54, 1.807) is 13.2 Å². The topological polar surface area (TPSA) is 61.3 Å². The number of aryl methyl sites for hydroxylation is 1. The van der Waals surface area contributed by atoms with Crippen molar-refractivity contribution in [1.82, 2.24) is 9.97 Å². The number of aromatic nitrogens is 2. The molecule has 0 unspecified atom stereocenters. The maximum atomic E-state index is 11.5. The minimum Gasteiger partial charge on any atom is -0.496 e. The second kappa shape index (κ2) is 5.88. The van der Waals surface area contributed by atoms with E-state index in [2.05, 4.69) is 14.7 Å². The lowest BCUT2D eigenvalue weighted by Gasteiger charge is -2.08. The Labute approximate surface area is 121 Å². The molecule has 0 aliphatic heterocycles. The molecule has 0 aliphatic rings. The maximum Gasteiger partial charge on any atom is 0.356 e. The molecule has 0 N–H and O–H groups in total. The number of halogens is 1. The predicted octanol–water partition coefficient (Wildman–Crippen LogP) is 2.90. The Balaban J connectivity index is 2.49. The van der Waals surface area contributed by atoms with Crippen molar-refractivity contribution >= 4 is 17.6 Å². The van der Waals surface area contributed by atoms with Gasteiger partial charge in [-0.2, -0.15) is 0 Å². The van der Waals surface area contributed by atoms with E-state index in [4.69, 9.17) is 16.3 Å². The molecule has 0 aliphatic carbocycles. The van der Waals surface area contributed by atoms with Crippen LogP contribution in [0.4, 0.5) is 0 Å². The first-order valence-corrected chi connectivity index (χ1v) is 6.21. The standard InChI is InChI=1S/C14H13ClN2O3/c1-8-6-9(4-5-12(8)19-2)10-7-11(13(18)20-3)17-14(15)16-10/h4-7H,1-3H3. The minimum atomic E-state index is -0.555. The van der Waals surface area contributed by atoms with Crippen molar-refractivity contribution in [3.63, 3.8) is 0 Å². The average molecular weight is 293 g/mol. The van der Waals surface area contributed by atoms with Crippen LogP contribution >= 0.6 is 11.6 Å². The summed E-state index contributed by atoms with van der Waals surface area (Å²) in [4.78, 5) is 19.5. The molecule has 0 fully saturated rings. The summed E-state index contributed by atoms with van der Waals surface area (Å²) in [6.45, 7) is 1.92. The third-order valence-electron chi connectivity index (χ3n) is 2.78. The molecule has 0 amide bonds. The van der Waals surface area contributed by atoms with Gasteiger partial charge < -0.3 is 9.47 Å². The summed E-state index contributed by atoms with van der Waals surface area (Å²) in [5, 5.41) is -0.00336. The smallest absolute Gasteiger partial charge is 0.356 e. The van der Waals surface area contributed by atoms with Gasteiger partial charge in [-0.1, -0.05) is 0 Å². The molecule has 0 radical (unpaired) electrons. The molecule has 0 bridgehead atoms. The van der Waals surface area contributed by atoms with E-state index in [0.29, 0.717) is 5.69 Å². The van der Waals surface area contributed by atoms with Gasteiger partial charge in [-0.3, -0.25) is 0 Å². The van der Waals surface area contributed by atoms with E-state index in [1.807, 2.05) is 25.1 Å². The zero-order chi connectivity index (χ0) is 14.7. The molecular formula is C14H13ClN2O3. The van der Waals surface area contributed by atoms with Gasteiger partial charge in [0.2, 0.25) is 5.28 Å². The second-order valence-corrected chi connectivity index (χ2v) is 4.42. The van der Waals surface area contributed by atoms with Crippen molar-refractivity contribution < 1.29 is 14.3 Å². The van der Waals surface area contributed by atoms with Gasteiger partial charge in [-0.25, -0.2) is 14.8 Å². The molecule has 104 valence electrons. The first kappa shape index (κ1) is 14.3. The highest BCUT2D eigenvalue weighted by Gasteiger charge is 2.13. The number of rotatable bonds is 3. The third-order valence-corrected chi connectivity index (χ3v) is 2.95. The van der Waals surface area contributed by atoms with Gasteiger partial charge in [0, 0.05) is 5.56 Å². The van der Waals surface area contributed by atoms with Gasteiger partial charge in [0.1, 0.15) is 5.75 Å². The third kappa shape index (κ3) is 2.88. The Morgan fingerprint density at radius 1 is 1.20 bits per heavy atom. The van der Waals surface area contributed by atoms with E-state index >= 15 is 0 Å². The summed E-state index contributed by atoms with van der Waals surface area (Å²) in [6, 6.07) is 7.11. The van der Waals surface area contributed by atoms with Crippen molar-refractivity contribution in [3.8, 4) is 17.0 Å². The van der Waals surface area contributed by atoms with Gasteiger partial charge in [-0.05, 0) is 48.4 Å². The number of ether oxygens (including phenoxy) is 2. The molecule has 20 heavy (non-hydrogen) atoms. The van der Waals surface area contributed by atoms with Gasteiger partial charge >= 0.3 is 5.97 Å². The number of hydrogen-bond donors (Lipinski definition) is 0. The fraction of sp³-hybridized carbons (Fsp3) is 0.214. The molecule has 0 atom stereocenters. The number of methoxy groups -OCH3 is 2. The van der Waals surface area contributed by atoms with Crippen LogP contribution in [-0.4, -0.2) is 30.2 Å². The Morgan fingerprint density at radius 3 is 2.55 bits per heavy atom. The fourth-order valence-electron chi connectivity index (χ4n) is 1.81. The Kier molecular flexibility index (Phi) is 4.20. The van der Waals surface area contributed by atoms with Crippen LogP contribution in [-0.2, 0) is 4.74 Å². The van der Waals surface area contributed by atoms with Gasteiger partial charge in [0.25, 0.3) is 0 Å². The van der Waals surface area contributed by atoms with Crippen molar-refractivity contribution in [2.45, 2.75) is 6.92 Å². The van der Waals surface area contributed by atoms with Gasteiger partial charge in [-0.15, -0.1) is 0 Å². The summed E-state index contributed by atoms with van der Waals surface area (Å²) in [6.07, 6.45) is 0. The molecule has 1 aromatic heterocycles. The summed E-state index contributed by atoms with van der Waals surface area (Å²) in [5.74, 6) is 0.225. The van der Waals surface area contributed by atoms with Crippen molar-refractivity contribution in [2.75, 3.05) is 14.2 Å². The number of benzene rings is 1.